The van der Waals surface area contributed by atoms with Crippen LogP contribution in [-0.2, 0) is 0 Å². The Balaban J connectivity index is 2.03. The van der Waals surface area contributed by atoms with Crippen LogP contribution in [0.3, 0.4) is 0 Å². The van der Waals surface area contributed by atoms with Crippen LogP contribution in [0.2, 0.25) is 5.15 Å². The fourth-order valence-corrected chi connectivity index (χ4v) is 2.79. The summed E-state index contributed by atoms with van der Waals surface area (Å²) in [5.41, 5.74) is 0. The van der Waals surface area contributed by atoms with Crippen LogP contribution in [-0.4, -0.2) is 55.7 Å². The lowest BCUT2D eigenvalue weighted by Crippen LogP contribution is -2.37. The number of nitrogens with zero attached hydrogens (tertiary/aromatic N) is 4. The molecule has 2 heterocycles. The highest BCUT2D eigenvalue weighted by atomic mass is 35.5. The second-order valence-corrected chi connectivity index (χ2v) is 5.57. The molecule has 0 radical (unpaired) electrons. The highest BCUT2D eigenvalue weighted by Crippen LogP contribution is 2.33. The predicted molar refractivity (Wildman–Crippen MR) is 77.1 cm³/mol. The van der Waals surface area contributed by atoms with Gasteiger partial charge in [0.25, 0.3) is 0 Å². The molecule has 1 aliphatic rings. The van der Waals surface area contributed by atoms with Gasteiger partial charge < -0.3 is 14.5 Å². The highest BCUT2D eigenvalue weighted by Gasteiger charge is 2.24. The maximum atomic E-state index is 6.04. The molecule has 0 atom stereocenters. The monoisotopic (exact) mass is 284 g/mol. The topological polar surface area (TPSA) is 41.5 Å². The van der Waals surface area contributed by atoms with Crippen molar-refractivity contribution in [3.63, 3.8) is 0 Å². The van der Waals surface area contributed by atoms with E-state index in [2.05, 4.69) is 33.9 Å². The SMILES string of the molecule is COc1c(Cl)ncnc1N1CCC(CN(C)C)CC1. The molecule has 0 aromatic carbocycles. The van der Waals surface area contributed by atoms with Crippen molar-refractivity contribution in [1.29, 1.82) is 0 Å². The second-order valence-electron chi connectivity index (χ2n) is 5.21. The van der Waals surface area contributed by atoms with E-state index >= 15 is 0 Å². The number of hydrogen-bond acceptors (Lipinski definition) is 5. The number of aromatic nitrogens is 2. The van der Waals surface area contributed by atoms with Crippen LogP contribution in [0.15, 0.2) is 6.33 Å². The number of rotatable bonds is 4. The van der Waals surface area contributed by atoms with Crippen LogP contribution in [0, 0.1) is 5.92 Å². The molecular weight excluding hydrogens is 264 g/mol. The van der Waals surface area contributed by atoms with Gasteiger partial charge in [-0.3, -0.25) is 0 Å². The molecule has 2 rings (SSSR count). The van der Waals surface area contributed by atoms with Gasteiger partial charge in [-0.15, -0.1) is 0 Å². The summed E-state index contributed by atoms with van der Waals surface area (Å²) in [5.74, 6) is 2.15. The molecule has 0 bridgehead atoms. The van der Waals surface area contributed by atoms with Gasteiger partial charge in [0.15, 0.2) is 16.7 Å². The minimum Gasteiger partial charge on any atom is -0.490 e. The van der Waals surface area contributed by atoms with Crippen molar-refractivity contribution in [3.05, 3.63) is 11.5 Å². The highest BCUT2D eigenvalue weighted by molar-refractivity contribution is 6.31. The van der Waals surface area contributed by atoms with Crippen LogP contribution in [0.25, 0.3) is 0 Å². The Morgan fingerprint density at radius 1 is 1.37 bits per heavy atom. The van der Waals surface area contributed by atoms with E-state index in [0.29, 0.717) is 10.9 Å². The standard InChI is InChI=1S/C13H21ClN4O/c1-17(2)8-10-4-6-18(7-5-10)13-11(19-3)12(14)15-9-16-13/h9-10H,4-8H2,1-3H3. The molecule has 0 saturated carbocycles. The molecule has 6 heteroatoms. The van der Waals surface area contributed by atoms with Crippen LogP contribution < -0.4 is 9.64 Å². The van der Waals surface area contributed by atoms with E-state index in [1.165, 1.54) is 19.2 Å². The smallest absolute Gasteiger partial charge is 0.199 e. The number of ether oxygens (including phenoxy) is 1. The number of methoxy groups -OCH3 is 1. The van der Waals surface area contributed by atoms with Crippen LogP contribution in [0.1, 0.15) is 12.8 Å². The summed E-state index contributed by atoms with van der Waals surface area (Å²) in [6, 6.07) is 0. The first-order valence-electron chi connectivity index (χ1n) is 6.56. The van der Waals surface area contributed by atoms with Crippen molar-refractivity contribution in [2.24, 2.45) is 5.92 Å². The summed E-state index contributed by atoms with van der Waals surface area (Å²) in [6.07, 6.45) is 3.83. The lowest BCUT2D eigenvalue weighted by Gasteiger charge is -2.34. The minimum atomic E-state index is 0.378. The van der Waals surface area contributed by atoms with E-state index in [-0.39, 0.29) is 0 Å². The van der Waals surface area contributed by atoms with Crippen molar-refractivity contribution in [2.45, 2.75) is 12.8 Å². The molecule has 1 fully saturated rings. The fraction of sp³-hybridized carbons (Fsp3) is 0.692. The van der Waals surface area contributed by atoms with E-state index < -0.39 is 0 Å². The third-order valence-corrected chi connectivity index (χ3v) is 3.75. The molecule has 0 amide bonds. The van der Waals surface area contributed by atoms with E-state index in [4.69, 9.17) is 16.3 Å². The molecule has 0 spiro atoms. The zero-order valence-electron chi connectivity index (χ0n) is 11.8. The van der Waals surface area contributed by atoms with Gasteiger partial charge in [-0.1, -0.05) is 11.6 Å². The Kier molecular flexibility index (Phi) is 4.82. The van der Waals surface area contributed by atoms with Gasteiger partial charge >= 0.3 is 0 Å². The van der Waals surface area contributed by atoms with Gasteiger partial charge in [0.2, 0.25) is 0 Å². The van der Waals surface area contributed by atoms with E-state index in [1.54, 1.807) is 7.11 Å². The Hall–Kier alpha value is -1.07. The van der Waals surface area contributed by atoms with Crippen molar-refractivity contribution >= 4 is 17.4 Å². The van der Waals surface area contributed by atoms with Crippen molar-refractivity contribution in [2.75, 3.05) is 45.7 Å². The number of hydrogen-bond donors (Lipinski definition) is 0. The molecule has 5 nitrogen and oxygen atoms in total. The summed E-state index contributed by atoms with van der Waals surface area (Å²) in [4.78, 5) is 12.8. The summed E-state index contributed by atoms with van der Waals surface area (Å²) >= 11 is 6.04. The van der Waals surface area contributed by atoms with Gasteiger partial charge in [0.1, 0.15) is 6.33 Å². The molecule has 1 aromatic rings. The summed E-state index contributed by atoms with van der Waals surface area (Å²) < 4.78 is 5.31. The van der Waals surface area contributed by atoms with Crippen LogP contribution in [0.4, 0.5) is 5.82 Å². The van der Waals surface area contributed by atoms with E-state index in [1.807, 2.05) is 0 Å². The zero-order valence-corrected chi connectivity index (χ0v) is 12.5. The first-order valence-corrected chi connectivity index (χ1v) is 6.93. The lowest BCUT2D eigenvalue weighted by molar-refractivity contribution is 0.283. The first-order chi connectivity index (χ1) is 9.11. The average molecular weight is 285 g/mol. The summed E-state index contributed by atoms with van der Waals surface area (Å²) in [7, 11) is 5.85. The lowest BCUT2D eigenvalue weighted by atomic mass is 9.96. The minimum absolute atomic E-state index is 0.378. The summed E-state index contributed by atoms with van der Waals surface area (Å²) in [6.45, 7) is 3.12. The van der Waals surface area contributed by atoms with Crippen molar-refractivity contribution in [1.82, 2.24) is 14.9 Å². The molecule has 0 aliphatic carbocycles. The number of anilines is 1. The van der Waals surface area contributed by atoms with Gasteiger partial charge in [0, 0.05) is 19.6 Å². The molecule has 1 aliphatic heterocycles. The fourth-order valence-electron chi connectivity index (χ4n) is 2.59. The quantitative estimate of drug-likeness (QED) is 0.790. The van der Waals surface area contributed by atoms with Crippen LogP contribution in [0.5, 0.6) is 5.75 Å². The van der Waals surface area contributed by atoms with Crippen molar-refractivity contribution < 1.29 is 4.74 Å². The molecule has 0 N–H and O–H groups in total. The maximum Gasteiger partial charge on any atom is 0.199 e. The molecule has 1 saturated heterocycles. The van der Waals surface area contributed by atoms with Gasteiger partial charge in [-0.05, 0) is 32.9 Å². The zero-order chi connectivity index (χ0) is 13.8. The third kappa shape index (κ3) is 3.48. The maximum absolute atomic E-state index is 6.04. The molecule has 1 aromatic heterocycles. The Bertz CT molecular complexity index is 419. The third-order valence-electron chi connectivity index (χ3n) is 3.48. The number of piperidine rings is 1. The number of halogens is 1. The van der Waals surface area contributed by atoms with E-state index in [0.717, 1.165) is 31.4 Å². The largest absolute Gasteiger partial charge is 0.490 e. The Morgan fingerprint density at radius 3 is 2.63 bits per heavy atom. The molecular formula is C13H21ClN4O. The second kappa shape index (κ2) is 6.39. The molecule has 0 unspecified atom stereocenters. The normalized spacial score (nSPS) is 17.0. The Labute approximate surface area is 119 Å². The molecule has 19 heavy (non-hydrogen) atoms. The van der Waals surface area contributed by atoms with Gasteiger partial charge in [-0.2, -0.15) is 0 Å². The van der Waals surface area contributed by atoms with Crippen LogP contribution >= 0.6 is 11.6 Å². The Morgan fingerprint density at radius 2 is 2.05 bits per heavy atom. The van der Waals surface area contributed by atoms with Crippen molar-refractivity contribution in [3.8, 4) is 5.75 Å². The predicted octanol–water partition coefficient (Wildman–Crippen LogP) is 1.92. The summed E-state index contributed by atoms with van der Waals surface area (Å²) in [5, 5.41) is 0.378. The van der Waals surface area contributed by atoms with Gasteiger partial charge in [-0.25, -0.2) is 9.97 Å². The van der Waals surface area contributed by atoms with Gasteiger partial charge in [0.05, 0.1) is 7.11 Å². The first kappa shape index (κ1) is 14.3. The van der Waals surface area contributed by atoms with E-state index in [9.17, 15) is 0 Å². The molecule has 106 valence electrons. The average Bonchev–Trinajstić information content (AvgIpc) is 2.38.